The van der Waals surface area contributed by atoms with E-state index in [0.29, 0.717) is 11.3 Å². The molecule has 2 aliphatic rings. The van der Waals surface area contributed by atoms with Gasteiger partial charge in [-0.3, -0.25) is 4.79 Å². The average Bonchev–Trinajstić information content (AvgIpc) is 3.13. The van der Waals surface area contributed by atoms with Crippen LogP contribution in [-0.4, -0.2) is 49.4 Å². The van der Waals surface area contributed by atoms with Gasteiger partial charge in [-0.15, -0.1) is 0 Å². The van der Waals surface area contributed by atoms with E-state index in [1.54, 1.807) is 24.3 Å². The van der Waals surface area contributed by atoms with Crippen LogP contribution >= 0.6 is 11.8 Å². The van der Waals surface area contributed by atoms with Crippen LogP contribution in [0.1, 0.15) is 5.56 Å². The standard InChI is InChI=1S/C20H18F2N2O4S2/c1-28-17-5-3-2-4-12(17)8-19(25)23-20-24(15-7-6-13(21)9-14(15)22)16-10-30(26,27)11-18(16)29-20/h2-7,9,16,18H,8,10-11H2,1H3/t16-,18+/m0/s1. The molecule has 4 rings (SSSR count). The Morgan fingerprint density at radius 2 is 2.00 bits per heavy atom. The van der Waals surface area contributed by atoms with Crippen LogP contribution in [0.15, 0.2) is 47.5 Å². The summed E-state index contributed by atoms with van der Waals surface area (Å²) in [7, 11) is -1.79. The molecule has 0 aliphatic carbocycles. The van der Waals surface area contributed by atoms with Crippen molar-refractivity contribution < 1.29 is 26.7 Å². The summed E-state index contributed by atoms with van der Waals surface area (Å²) >= 11 is 1.13. The number of anilines is 1. The lowest BCUT2D eigenvalue weighted by Gasteiger charge is -2.24. The average molecular weight is 453 g/mol. The Bertz CT molecular complexity index is 1140. The van der Waals surface area contributed by atoms with Gasteiger partial charge < -0.3 is 9.64 Å². The number of hydrogen-bond donors (Lipinski definition) is 0. The SMILES string of the molecule is COc1ccccc1CC(=O)N=C1S[C@@H]2CS(=O)(=O)C[C@@H]2N1c1ccc(F)cc1F. The van der Waals surface area contributed by atoms with Crippen molar-refractivity contribution in [2.24, 2.45) is 4.99 Å². The quantitative estimate of drug-likeness (QED) is 0.710. The predicted molar refractivity (Wildman–Crippen MR) is 112 cm³/mol. The van der Waals surface area contributed by atoms with Crippen molar-refractivity contribution in [2.75, 3.05) is 23.5 Å². The van der Waals surface area contributed by atoms with E-state index in [0.717, 1.165) is 23.9 Å². The first-order chi connectivity index (χ1) is 14.3. The number of aliphatic imine (C=N–C) groups is 1. The fourth-order valence-electron chi connectivity index (χ4n) is 3.68. The lowest BCUT2D eigenvalue weighted by Crippen LogP contribution is -2.38. The Labute approximate surface area is 176 Å². The fourth-order valence-corrected chi connectivity index (χ4v) is 7.61. The van der Waals surface area contributed by atoms with Gasteiger partial charge in [-0.25, -0.2) is 17.2 Å². The number of carbonyl (C=O) groups excluding carboxylic acids is 1. The van der Waals surface area contributed by atoms with Crippen molar-refractivity contribution in [1.29, 1.82) is 0 Å². The number of carbonyl (C=O) groups is 1. The topological polar surface area (TPSA) is 76.0 Å². The largest absolute Gasteiger partial charge is 0.496 e. The smallest absolute Gasteiger partial charge is 0.252 e. The number of sulfone groups is 1. The molecule has 30 heavy (non-hydrogen) atoms. The molecule has 2 saturated heterocycles. The second-order valence-corrected chi connectivity index (χ2v) is 10.4. The molecule has 2 aromatic carbocycles. The molecular weight excluding hydrogens is 434 g/mol. The molecule has 0 saturated carbocycles. The molecule has 10 heteroatoms. The minimum atomic E-state index is -3.29. The maximum Gasteiger partial charge on any atom is 0.252 e. The lowest BCUT2D eigenvalue weighted by molar-refractivity contribution is -0.117. The van der Waals surface area contributed by atoms with E-state index in [1.165, 1.54) is 18.1 Å². The molecule has 2 fully saturated rings. The normalized spacial score (nSPS) is 23.6. The summed E-state index contributed by atoms with van der Waals surface area (Å²) in [4.78, 5) is 18.2. The van der Waals surface area contributed by atoms with Crippen LogP contribution < -0.4 is 9.64 Å². The maximum absolute atomic E-state index is 14.5. The molecule has 2 atom stereocenters. The second-order valence-electron chi connectivity index (χ2n) is 7.04. The van der Waals surface area contributed by atoms with Gasteiger partial charge in [0.1, 0.15) is 17.4 Å². The molecule has 0 bridgehead atoms. The number of methoxy groups -OCH3 is 1. The third kappa shape index (κ3) is 4.06. The Morgan fingerprint density at radius 1 is 1.23 bits per heavy atom. The van der Waals surface area contributed by atoms with Gasteiger partial charge in [0, 0.05) is 16.9 Å². The van der Waals surface area contributed by atoms with E-state index >= 15 is 0 Å². The molecule has 0 aromatic heterocycles. The molecule has 1 amide bonds. The Morgan fingerprint density at radius 3 is 2.73 bits per heavy atom. The van der Waals surface area contributed by atoms with Gasteiger partial charge in [0.05, 0.1) is 36.8 Å². The first-order valence-electron chi connectivity index (χ1n) is 9.12. The molecule has 2 aliphatic heterocycles. The van der Waals surface area contributed by atoms with Crippen LogP contribution in [0.2, 0.25) is 0 Å². The first-order valence-corrected chi connectivity index (χ1v) is 11.8. The molecule has 6 nitrogen and oxygen atoms in total. The van der Waals surface area contributed by atoms with Gasteiger partial charge in [-0.2, -0.15) is 4.99 Å². The molecule has 0 spiro atoms. The zero-order valence-electron chi connectivity index (χ0n) is 15.9. The Balaban J connectivity index is 1.68. The first kappa shape index (κ1) is 20.8. The number of nitrogens with zero attached hydrogens (tertiary/aromatic N) is 2. The number of halogens is 2. The third-order valence-electron chi connectivity index (χ3n) is 4.99. The number of benzene rings is 2. The van der Waals surface area contributed by atoms with Gasteiger partial charge >= 0.3 is 0 Å². The molecule has 2 aromatic rings. The molecule has 0 radical (unpaired) electrons. The van der Waals surface area contributed by atoms with Crippen LogP contribution in [0.4, 0.5) is 14.5 Å². The van der Waals surface area contributed by atoms with E-state index in [1.807, 2.05) is 0 Å². The van der Waals surface area contributed by atoms with Crippen LogP contribution in [0.25, 0.3) is 0 Å². The number of hydrogen-bond acceptors (Lipinski definition) is 5. The van der Waals surface area contributed by atoms with Crippen molar-refractivity contribution in [3.05, 3.63) is 59.7 Å². The minimum absolute atomic E-state index is 0.00246. The van der Waals surface area contributed by atoms with E-state index in [-0.39, 0.29) is 34.0 Å². The van der Waals surface area contributed by atoms with Gasteiger partial charge in [0.15, 0.2) is 15.0 Å². The van der Waals surface area contributed by atoms with Gasteiger partial charge in [0.2, 0.25) is 0 Å². The van der Waals surface area contributed by atoms with Crippen molar-refractivity contribution in [2.45, 2.75) is 17.7 Å². The van der Waals surface area contributed by atoms with Crippen molar-refractivity contribution in [1.82, 2.24) is 0 Å². The fraction of sp³-hybridized carbons (Fsp3) is 0.300. The zero-order chi connectivity index (χ0) is 21.5. The summed E-state index contributed by atoms with van der Waals surface area (Å²) in [6.07, 6.45) is -0.0263. The van der Waals surface area contributed by atoms with E-state index in [9.17, 15) is 22.0 Å². The van der Waals surface area contributed by atoms with Gasteiger partial charge in [-0.05, 0) is 18.2 Å². The highest BCUT2D eigenvalue weighted by molar-refractivity contribution is 8.16. The highest BCUT2D eigenvalue weighted by Gasteiger charge is 2.50. The highest BCUT2D eigenvalue weighted by Crippen LogP contribution is 2.41. The van der Waals surface area contributed by atoms with Crippen molar-refractivity contribution in [3.8, 4) is 5.75 Å². The lowest BCUT2D eigenvalue weighted by atomic mass is 10.1. The molecule has 0 unspecified atom stereocenters. The molecule has 0 N–H and O–H groups in total. The summed E-state index contributed by atoms with van der Waals surface area (Å²) in [6.45, 7) is 0. The van der Waals surface area contributed by atoms with Crippen molar-refractivity contribution >= 4 is 38.4 Å². The van der Waals surface area contributed by atoms with Gasteiger partial charge in [-0.1, -0.05) is 30.0 Å². The van der Waals surface area contributed by atoms with E-state index < -0.39 is 33.4 Å². The predicted octanol–water partition coefficient (Wildman–Crippen LogP) is 2.82. The van der Waals surface area contributed by atoms with Gasteiger partial charge in [0.25, 0.3) is 5.91 Å². The summed E-state index contributed by atoms with van der Waals surface area (Å²) < 4.78 is 57.3. The highest BCUT2D eigenvalue weighted by atomic mass is 32.2. The number of para-hydroxylation sites is 1. The number of amidine groups is 1. The van der Waals surface area contributed by atoms with E-state index in [4.69, 9.17) is 4.74 Å². The van der Waals surface area contributed by atoms with E-state index in [2.05, 4.69) is 4.99 Å². The van der Waals surface area contributed by atoms with Crippen molar-refractivity contribution in [3.63, 3.8) is 0 Å². The number of thioether (sulfide) groups is 1. The van der Waals surface area contributed by atoms with Crippen LogP contribution in [-0.2, 0) is 21.1 Å². The van der Waals surface area contributed by atoms with Crippen LogP contribution in [0.3, 0.4) is 0 Å². The van der Waals surface area contributed by atoms with Crippen LogP contribution in [0, 0.1) is 11.6 Å². The number of fused-ring (bicyclic) bond motifs is 1. The van der Waals surface area contributed by atoms with Crippen LogP contribution in [0.5, 0.6) is 5.75 Å². The molecular formula is C20H18F2N2O4S2. The number of amides is 1. The third-order valence-corrected chi connectivity index (χ3v) is 8.20. The summed E-state index contributed by atoms with van der Waals surface area (Å²) in [5, 5.41) is -0.164. The summed E-state index contributed by atoms with van der Waals surface area (Å²) in [5.74, 6) is -1.77. The second kappa shape index (κ2) is 7.99. The summed E-state index contributed by atoms with van der Waals surface area (Å²) in [5.41, 5.74) is 0.650. The maximum atomic E-state index is 14.5. The Hall–Kier alpha value is -2.46. The number of rotatable bonds is 4. The molecule has 158 valence electrons. The zero-order valence-corrected chi connectivity index (χ0v) is 17.6. The molecule has 2 heterocycles. The number of ether oxygens (including phenoxy) is 1. The summed E-state index contributed by atoms with van der Waals surface area (Å²) in [6, 6.07) is 9.52. The Kier molecular flexibility index (Phi) is 5.54. The minimum Gasteiger partial charge on any atom is -0.496 e. The monoisotopic (exact) mass is 452 g/mol.